The maximum absolute atomic E-state index is 5.83. The zero-order valence-electron chi connectivity index (χ0n) is 11.2. The van der Waals surface area contributed by atoms with Gasteiger partial charge in [0.1, 0.15) is 5.75 Å². The number of nitrogens with one attached hydrogen (secondary N) is 1. The molecule has 1 N–H and O–H groups in total. The highest BCUT2D eigenvalue weighted by Crippen LogP contribution is 2.38. The SMILES string of the molecule is CCOc1c(NC)ccc(C)c1-c1ccccc1. The Balaban J connectivity index is 2.64. The second-order valence-electron chi connectivity index (χ2n) is 4.18. The molecule has 0 radical (unpaired) electrons. The van der Waals surface area contributed by atoms with Crippen LogP contribution >= 0.6 is 0 Å². The first-order valence-electron chi connectivity index (χ1n) is 6.27. The summed E-state index contributed by atoms with van der Waals surface area (Å²) >= 11 is 0. The molecule has 0 bridgehead atoms. The predicted octanol–water partition coefficient (Wildman–Crippen LogP) is 4.10. The molecule has 0 fully saturated rings. The quantitative estimate of drug-likeness (QED) is 0.870. The van der Waals surface area contributed by atoms with E-state index < -0.39 is 0 Å². The summed E-state index contributed by atoms with van der Waals surface area (Å²) < 4.78 is 5.83. The smallest absolute Gasteiger partial charge is 0.150 e. The molecule has 2 rings (SSSR count). The van der Waals surface area contributed by atoms with Crippen LogP contribution in [0.1, 0.15) is 12.5 Å². The van der Waals surface area contributed by atoms with Gasteiger partial charge in [0.25, 0.3) is 0 Å². The summed E-state index contributed by atoms with van der Waals surface area (Å²) in [5, 5.41) is 3.19. The molecule has 0 saturated heterocycles. The fourth-order valence-electron chi connectivity index (χ4n) is 2.14. The molecule has 2 nitrogen and oxygen atoms in total. The lowest BCUT2D eigenvalue weighted by atomic mass is 9.98. The zero-order valence-corrected chi connectivity index (χ0v) is 11.2. The van der Waals surface area contributed by atoms with E-state index in [1.54, 1.807) is 0 Å². The molecule has 0 unspecified atom stereocenters. The van der Waals surface area contributed by atoms with Gasteiger partial charge in [-0.1, -0.05) is 36.4 Å². The highest BCUT2D eigenvalue weighted by Gasteiger charge is 2.13. The minimum absolute atomic E-state index is 0.665. The first-order valence-corrected chi connectivity index (χ1v) is 6.27. The fourth-order valence-corrected chi connectivity index (χ4v) is 2.14. The third-order valence-corrected chi connectivity index (χ3v) is 2.99. The molecule has 0 spiro atoms. The highest BCUT2D eigenvalue weighted by atomic mass is 16.5. The molecular weight excluding hydrogens is 222 g/mol. The van der Waals surface area contributed by atoms with Gasteiger partial charge in [0.05, 0.1) is 12.3 Å². The molecule has 2 aromatic carbocycles. The van der Waals surface area contributed by atoms with E-state index >= 15 is 0 Å². The number of aryl methyl sites for hydroxylation is 1. The molecule has 0 saturated carbocycles. The van der Waals surface area contributed by atoms with Crippen LogP contribution in [0, 0.1) is 6.92 Å². The summed E-state index contributed by atoms with van der Waals surface area (Å²) in [6.45, 7) is 4.79. The average molecular weight is 241 g/mol. The van der Waals surface area contributed by atoms with E-state index in [0.717, 1.165) is 11.4 Å². The normalized spacial score (nSPS) is 10.2. The minimum atomic E-state index is 0.665. The van der Waals surface area contributed by atoms with Crippen LogP contribution in [-0.4, -0.2) is 13.7 Å². The standard InChI is InChI=1S/C16H19NO/c1-4-18-16-14(17-3)11-10-12(2)15(16)13-8-6-5-7-9-13/h5-11,17H,4H2,1-3H3. The Bertz CT molecular complexity index is 520. The minimum Gasteiger partial charge on any atom is -0.491 e. The lowest BCUT2D eigenvalue weighted by molar-refractivity contribution is 0.343. The van der Waals surface area contributed by atoms with Crippen molar-refractivity contribution in [2.24, 2.45) is 0 Å². The van der Waals surface area contributed by atoms with E-state index in [1.165, 1.54) is 16.7 Å². The monoisotopic (exact) mass is 241 g/mol. The molecule has 0 amide bonds. The molecule has 18 heavy (non-hydrogen) atoms. The zero-order chi connectivity index (χ0) is 13.0. The van der Waals surface area contributed by atoms with Gasteiger partial charge in [-0.25, -0.2) is 0 Å². The first kappa shape index (κ1) is 12.5. The lowest BCUT2D eigenvalue weighted by Crippen LogP contribution is -2.01. The van der Waals surface area contributed by atoms with Crippen LogP contribution in [0.2, 0.25) is 0 Å². The Kier molecular flexibility index (Phi) is 3.88. The summed E-state index contributed by atoms with van der Waals surface area (Å²) in [4.78, 5) is 0. The number of hydrogen-bond acceptors (Lipinski definition) is 2. The van der Waals surface area contributed by atoms with Crippen LogP contribution in [0.4, 0.5) is 5.69 Å². The summed E-state index contributed by atoms with van der Waals surface area (Å²) in [6, 6.07) is 14.5. The van der Waals surface area contributed by atoms with Gasteiger partial charge in [-0.3, -0.25) is 0 Å². The topological polar surface area (TPSA) is 21.3 Å². The molecule has 94 valence electrons. The Hall–Kier alpha value is -1.96. The van der Waals surface area contributed by atoms with E-state index in [-0.39, 0.29) is 0 Å². The van der Waals surface area contributed by atoms with Crippen molar-refractivity contribution in [3.8, 4) is 16.9 Å². The van der Waals surface area contributed by atoms with Gasteiger partial charge in [0.15, 0.2) is 0 Å². The second kappa shape index (κ2) is 5.58. The summed E-state index contributed by atoms with van der Waals surface area (Å²) in [5.41, 5.74) is 4.62. The molecular formula is C16H19NO. The summed E-state index contributed by atoms with van der Waals surface area (Å²) in [6.07, 6.45) is 0. The fraction of sp³-hybridized carbons (Fsp3) is 0.250. The number of ether oxygens (including phenoxy) is 1. The number of rotatable bonds is 4. The van der Waals surface area contributed by atoms with Gasteiger partial charge < -0.3 is 10.1 Å². The van der Waals surface area contributed by atoms with Crippen molar-refractivity contribution >= 4 is 5.69 Å². The van der Waals surface area contributed by atoms with Crippen molar-refractivity contribution in [1.29, 1.82) is 0 Å². The van der Waals surface area contributed by atoms with Crippen molar-refractivity contribution in [3.63, 3.8) is 0 Å². The summed E-state index contributed by atoms with van der Waals surface area (Å²) in [5.74, 6) is 0.936. The van der Waals surface area contributed by atoms with Gasteiger partial charge in [0, 0.05) is 12.6 Å². The molecule has 0 heterocycles. The molecule has 0 aliphatic carbocycles. The Labute approximate surface area is 109 Å². The number of anilines is 1. The Morgan fingerprint density at radius 1 is 1.06 bits per heavy atom. The van der Waals surface area contributed by atoms with Crippen molar-refractivity contribution in [2.45, 2.75) is 13.8 Å². The lowest BCUT2D eigenvalue weighted by Gasteiger charge is -2.17. The van der Waals surface area contributed by atoms with Gasteiger partial charge in [0.2, 0.25) is 0 Å². The van der Waals surface area contributed by atoms with Crippen LogP contribution in [0.25, 0.3) is 11.1 Å². The van der Waals surface area contributed by atoms with Gasteiger partial charge in [-0.2, -0.15) is 0 Å². The molecule has 0 aliphatic heterocycles. The molecule has 0 atom stereocenters. The molecule has 0 aliphatic rings. The third kappa shape index (κ3) is 2.33. The largest absolute Gasteiger partial charge is 0.491 e. The summed E-state index contributed by atoms with van der Waals surface area (Å²) in [7, 11) is 1.92. The first-order chi connectivity index (χ1) is 8.77. The maximum Gasteiger partial charge on any atom is 0.150 e. The Morgan fingerprint density at radius 2 is 1.78 bits per heavy atom. The molecule has 2 heteroatoms. The van der Waals surface area contributed by atoms with E-state index in [0.29, 0.717) is 6.61 Å². The van der Waals surface area contributed by atoms with Gasteiger partial charge in [-0.05, 0) is 31.0 Å². The molecule has 0 aromatic heterocycles. The molecule has 2 aromatic rings. The number of hydrogen-bond donors (Lipinski definition) is 1. The third-order valence-electron chi connectivity index (χ3n) is 2.99. The van der Waals surface area contributed by atoms with Crippen LogP contribution in [0.15, 0.2) is 42.5 Å². The van der Waals surface area contributed by atoms with Gasteiger partial charge >= 0.3 is 0 Å². The van der Waals surface area contributed by atoms with E-state index in [9.17, 15) is 0 Å². The van der Waals surface area contributed by atoms with Crippen molar-refractivity contribution < 1.29 is 4.74 Å². The number of benzene rings is 2. The van der Waals surface area contributed by atoms with E-state index in [1.807, 2.05) is 20.0 Å². The maximum atomic E-state index is 5.83. The van der Waals surface area contributed by atoms with Crippen molar-refractivity contribution in [3.05, 3.63) is 48.0 Å². The van der Waals surface area contributed by atoms with E-state index in [2.05, 4.69) is 48.6 Å². The average Bonchev–Trinajstić information content (AvgIpc) is 2.40. The van der Waals surface area contributed by atoms with Gasteiger partial charge in [-0.15, -0.1) is 0 Å². The highest BCUT2D eigenvalue weighted by molar-refractivity contribution is 5.80. The van der Waals surface area contributed by atoms with Crippen LogP contribution in [0.3, 0.4) is 0 Å². The van der Waals surface area contributed by atoms with E-state index in [4.69, 9.17) is 4.74 Å². The van der Waals surface area contributed by atoms with Crippen LogP contribution < -0.4 is 10.1 Å². The van der Waals surface area contributed by atoms with Crippen LogP contribution in [-0.2, 0) is 0 Å². The van der Waals surface area contributed by atoms with Crippen molar-refractivity contribution in [1.82, 2.24) is 0 Å². The Morgan fingerprint density at radius 3 is 2.39 bits per heavy atom. The van der Waals surface area contributed by atoms with Crippen LogP contribution in [0.5, 0.6) is 5.75 Å². The second-order valence-corrected chi connectivity index (χ2v) is 4.18. The van der Waals surface area contributed by atoms with Crippen molar-refractivity contribution in [2.75, 3.05) is 19.0 Å². The predicted molar refractivity (Wildman–Crippen MR) is 77.3 cm³/mol.